The number of likely N-dealkylation sites (tertiary alicyclic amines) is 1. The van der Waals surface area contributed by atoms with E-state index < -0.39 is 0 Å². The predicted octanol–water partition coefficient (Wildman–Crippen LogP) is 0.317. The van der Waals surface area contributed by atoms with Gasteiger partial charge in [0.15, 0.2) is 0 Å². The van der Waals surface area contributed by atoms with Crippen molar-refractivity contribution in [2.24, 2.45) is 0 Å². The van der Waals surface area contributed by atoms with Crippen LogP contribution in [0.2, 0.25) is 0 Å². The van der Waals surface area contributed by atoms with Gasteiger partial charge in [0, 0.05) is 19.9 Å². The van der Waals surface area contributed by atoms with Gasteiger partial charge in [0.25, 0.3) is 0 Å². The molecule has 2 amide bonds. The lowest BCUT2D eigenvalue weighted by Crippen LogP contribution is -2.34. The monoisotopic (exact) mass is 126 g/mol. The van der Waals surface area contributed by atoms with Gasteiger partial charge in [0.1, 0.15) is 0 Å². The Bertz CT molecular complexity index is 137. The first-order valence-corrected chi connectivity index (χ1v) is 2.88. The van der Waals surface area contributed by atoms with E-state index in [1.165, 1.54) is 0 Å². The highest BCUT2D eigenvalue weighted by Crippen LogP contribution is 2.09. The highest BCUT2D eigenvalue weighted by atomic mass is 16.2. The number of amides is 2. The van der Waals surface area contributed by atoms with Crippen molar-refractivity contribution in [3.8, 4) is 0 Å². The molecule has 0 saturated carbocycles. The van der Waals surface area contributed by atoms with Crippen LogP contribution in [0, 0.1) is 7.05 Å². The summed E-state index contributed by atoms with van der Waals surface area (Å²) in [6.07, 6.45) is 1.62. The van der Waals surface area contributed by atoms with Crippen LogP contribution >= 0.6 is 0 Å². The fraction of sp³-hybridized carbons (Fsp3) is 0.500. The third-order valence-electron chi connectivity index (χ3n) is 1.38. The summed E-state index contributed by atoms with van der Waals surface area (Å²) in [7, 11) is 3.29. The molecule has 1 heterocycles. The van der Waals surface area contributed by atoms with Crippen LogP contribution in [0.4, 0.5) is 0 Å². The van der Waals surface area contributed by atoms with E-state index in [9.17, 15) is 9.59 Å². The number of hydrogen-bond acceptors (Lipinski definition) is 2. The van der Waals surface area contributed by atoms with Gasteiger partial charge in [-0.05, 0) is 6.42 Å². The van der Waals surface area contributed by atoms with Crippen molar-refractivity contribution >= 4 is 11.8 Å². The maximum Gasteiger partial charge on any atom is 0.229 e. The van der Waals surface area contributed by atoms with E-state index in [-0.39, 0.29) is 11.8 Å². The molecule has 0 aromatic carbocycles. The molecule has 3 heteroatoms. The number of imide groups is 1. The summed E-state index contributed by atoms with van der Waals surface area (Å²) in [5.41, 5.74) is 0. The van der Waals surface area contributed by atoms with E-state index >= 15 is 0 Å². The van der Waals surface area contributed by atoms with Gasteiger partial charge in [-0.2, -0.15) is 0 Å². The smallest absolute Gasteiger partial charge is 0.229 e. The van der Waals surface area contributed by atoms with Crippen LogP contribution in [0.5, 0.6) is 0 Å². The first-order valence-electron chi connectivity index (χ1n) is 2.88. The first-order chi connectivity index (χ1) is 4.22. The molecule has 1 rings (SSSR count). The second-order valence-electron chi connectivity index (χ2n) is 2.07. The van der Waals surface area contributed by atoms with Crippen molar-refractivity contribution < 1.29 is 9.59 Å². The summed E-state index contributed by atoms with van der Waals surface area (Å²) in [5.74, 6) is -0.322. The number of carbonyl (C=O) groups is 2. The second-order valence-corrected chi connectivity index (χ2v) is 2.07. The molecule has 0 N–H and O–H groups in total. The normalized spacial score (nSPS) is 20.8. The fourth-order valence-corrected chi connectivity index (χ4v) is 0.800. The summed E-state index contributed by atoms with van der Waals surface area (Å²) in [6, 6.07) is 0. The quantitative estimate of drug-likeness (QED) is 0.438. The van der Waals surface area contributed by atoms with Crippen LogP contribution in [0.1, 0.15) is 19.3 Å². The van der Waals surface area contributed by atoms with Gasteiger partial charge < -0.3 is 0 Å². The Balaban J connectivity index is 2.62. The van der Waals surface area contributed by atoms with Crippen LogP contribution < -0.4 is 0 Å². The third kappa shape index (κ3) is 1.09. The molecule has 0 aliphatic carbocycles. The van der Waals surface area contributed by atoms with E-state index in [4.69, 9.17) is 0 Å². The Morgan fingerprint density at radius 1 is 1.22 bits per heavy atom. The summed E-state index contributed by atoms with van der Waals surface area (Å²) < 4.78 is 0. The molecule has 1 aliphatic heterocycles. The molecule has 9 heavy (non-hydrogen) atoms. The number of piperidine rings is 1. The first kappa shape index (κ1) is 6.26. The second kappa shape index (κ2) is 2.17. The number of nitrogens with zero attached hydrogens (tertiary/aromatic N) is 1. The van der Waals surface area contributed by atoms with E-state index in [0.29, 0.717) is 19.3 Å². The summed E-state index contributed by atoms with van der Waals surface area (Å²) in [4.78, 5) is 22.2. The van der Waals surface area contributed by atoms with Crippen LogP contribution in [-0.2, 0) is 9.59 Å². The van der Waals surface area contributed by atoms with Crippen LogP contribution in [0.3, 0.4) is 0 Å². The molecule has 1 radical (unpaired) electrons. The third-order valence-corrected chi connectivity index (χ3v) is 1.38. The maximum atomic E-state index is 10.6. The van der Waals surface area contributed by atoms with Gasteiger partial charge in [-0.1, -0.05) is 0 Å². The number of hydrogen-bond donors (Lipinski definition) is 0. The van der Waals surface area contributed by atoms with Crippen molar-refractivity contribution in [3.05, 3.63) is 7.05 Å². The number of rotatable bonds is 0. The molecular weight excluding hydrogens is 118 g/mol. The van der Waals surface area contributed by atoms with Crippen molar-refractivity contribution in [2.75, 3.05) is 0 Å². The standard InChI is InChI=1S/C6H8NO2/c1-7-5(8)3-2-4-6(7)9/h1-4H2. The topological polar surface area (TPSA) is 37.4 Å². The molecule has 0 aromatic heterocycles. The van der Waals surface area contributed by atoms with Crippen molar-refractivity contribution in [1.29, 1.82) is 0 Å². The Morgan fingerprint density at radius 3 is 2.00 bits per heavy atom. The largest absolute Gasteiger partial charge is 0.281 e. The summed E-state index contributed by atoms with van der Waals surface area (Å²) in [6.45, 7) is 0. The zero-order valence-corrected chi connectivity index (χ0v) is 5.09. The van der Waals surface area contributed by atoms with E-state index in [0.717, 1.165) is 4.90 Å². The molecule has 0 atom stereocenters. The maximum absolute atomic E-state index is 10.6. The van der Waals surface area contributed by atoms with Gasteiger partial charge in [-0.25, -0.2) is 0 Å². The molecule has 0 bridgehead atoms. The predicted molar refractivity (Wildman–Crippen MR) is 31.1 cm³/mol. The molecule has 0 spiro atoms. The minimum Gasteiger partial charge on any atom is -0.281 e. The zero-order chi connectivity index (χ0) is 6.85. The lowest BCUT2D eigenvalue weighted by atomic mass is 10.1. The van der Waals surface area contributed by atoms with Crippen molar-refractivity contribution in [1.82, 2.24) is 4.90 Å². The van der Waals surface area contributed by atoms with Gasteiger partial charge >= 0.3 is 0 Å². The molecular formula is C6H8NO2. The van der Waals surface area contributed by atoms with Crippen LogP contribution in [0.25, 0.3) is 0 Å². The van der Waals surface area contributed by atoms with Crippen LogP contribution in [-0.4, -0.2) is 16.7 Å². The SMILES string of the molecule is [CH2]N1C(=O)CCCC1=O. The van der Waals surface area contributed by atoms with Crippen molar-refractivity contribution in [3.63, 3.8) is 0 Å². The average molecular weight is 126 g/mol. The summed E-state index contributed by atoms with van der Waals surface area (Å²) >= 11 is 0. The zero-order valence-electron chi connectivity index (χ0n) is 5.09. The van der Waals surface area contributed by atoms with Gasteiger partial charge in [0.05, 0.1) is 0 Å². The van der Waals surface area contributed by atoms with Gasteiger partial charge in [0.2, 0.25) is 11.8 Å². The molecule has 1 saturated heterocycles. The Kier molecular flexibility index (Phi) is 1.51. The van der Waals surface area contributed by atoms with E-state index in [1.54, 1.807) is 0 Å². The molecule has 0 aromatic rings. The van der Waals surface area contributed by atoms with Gasteiger partial charge in [-0.3, -0.25) is 14.5 Å². The van der Waals surface area contributed by atoms with Crippen LogP contribution in [0.15, 0.2) is 0 Å². The Morgan fingerprint density at radius 2 is 1.67 bits per heavy atom. The minimum absolute atomic E-state index is 0.161. The molecule has 3 nitrogen and oxygen atoms in total. The molecule has 0 unspecified atom stereocenters. The van der Waals surface area contributed by atoms with Crippen molar-refractivity contribution in [2.45, 2.75) is 19.3 Å². The molecule has 1 fully saturated rings. The highest BCUT2D eigenvalue weighted by Gasteiger charge is 2.21. The van der Waals surface area contributed by atoms with E-state index in [1.807, 2.05) is 0 Å². The highest BCUT2D eigenvalue weighted by molar-refractivity contribution is 5.97. The lowest BCUT2D eigenvalue weighted by molar-refractivity contribution is -0.144. The van der Waals surface area contributed by atoms with Gasteiger partial charge in [-0.15, -0.1) is 0 Å². The molecule has 49 valence electrons. The number of carbonyl (C=O) groups excluding carboxylic acids is 2. The fourth-order valence-electron chi connectivity index (χ4n) is 0.800. The Hall–Kier alpha value is -0.860. The summed E-state index contributed by atoms with van der Waals surface area (Å²) in [5, 5.41) is 0. The Labute approximate surface area is 53.6 Å². The lowest BCUT2D eigenvalue weighted by Gasteiger charge is -2.18. The minimum atomic E-state index is -0.161. The van der Waals surface area contributed by atoms with E-state index in [2.05, 4.69) is 7.05 Å². The molecule has 1 aliphatic rings. The average Bonchev–Trinajstić information content (AvgIpc) is 1.83.